The van der Waals surface area contributed by atoms with E-state index in [9.17, 15) is 31.1 Å². The molecule has 11 heteroatoms. The maximum atomic E-state index is 11.9. The minimum absolute atomic E-state index is 0.0114. The van der Waals surface area contributed by atoms with Gasteiger partial charge in [0.15, 0.2) is 0 Å². The van der Waals surface area contributed by atoms with E-state index in [0.29, 0.717) is 0 Å². The Morgan fingerprint density at radius 2 is 1.35 bits per heavy atom. The summed E-state index contributed by atoms with van der Waals surface area (Å²) in [5, 5.41) is 7.12. The second-order valence-corrected chi connectivity index (χ2v) is 4.42. The molecule has 0 aromatic rings. The molecule has 0 bridgehead atoms. The first-order valence-corrected chi connectivity index (χ1v) is 5.27. The van der Waals surface area contributed by atoms with Crippen LogP contribution in [0.25, 0.3) is 0 Å². The molecule has 116 valence electrons. The average Bonchev–Trinajstić information content (AvgIpc) is 2.74. The summed E-state index contributed by atoms with van der Waals surface area (Å²) in [7, 11) is 0. The molecule has 0 aromatic carbocycles. The van der Waals surface area contributed by atoms with Crippen LogP contribution < -0.4 is 5.73 Å². The van der Waals surface area contributed by atoms with Gasteiger partial charge in [0, 0.05) is 19.1 Å². The molecular formula is C9H10F6N2O3. The van der Waals surface area contributed by atoms with Crippen molar-refractivity contribution in [2.24, 2.45) is 17.6 Å². The fourth-order valence-electron chi connectivity index (χ4n) is 1.92. The quantitative estimate of drug-likeness (QED) is 0.642. The number of carbonyl (C=O) groups excluding carboxylic acids is 1. The molecule has 3 N–H and O–H groups in total. The Morgan fingerprint density at radius 1 is 1.00 bits per heavy atom. The third-order valence-corrected chi connectivity index (χ3v) is 3.03. The van der Waals surface area contributed by atoms with Gasteiger partial charge in [-0.2, -0.15) is 26.3 Å². The van der Waals surface area contributed by atoms with Gasteiger partial charge in [-0.05, 0) is 11.8 Å². The number of alkyl halides is 6. The van der Waals surface area contributed by atoms with Crippen LogP contribution in [-0.4, -0.2) is 53.4 Å². The highest BCUT2D eigenvalue weighted by atomic mass is 19.4. The second-order valence-electron chi connectivity index (χ2n) is 4.42. The van der Waals surface area contributed by atoms with Gasteiger partial charge in [0.2, 0.25) is 0 Å². The standard InChI is InChI=1S/C7H9F3N2O.C2HF3O2/c8-7(9,10)6(13)12-1-3-4(2-12)5(3)11;3-2(4,5)1(6)7/h3-5H,1-2,11H2;(H,6,7)/t3-,4+,5+;. The molecule has 1 amide bonds. The van der Waals surface area contributed by atoms with Crippen molar-refractivity contribution in [1.82, 2.24) is 4.90 Å². The topological polar surface area (TPSA) is 83.6 Å². The Labute approximate surface area is 108 Å². The van der Waals surface area contributed by atoms with Crippen LogP contribution in [0.4, 0.5) is 26.3 Å². The number of nitrogens with two attached hydrogens (primary N) is 1. The first kappa shape index (κ1) is 16.5. The summed E-state index contributed by atoms with van der Waals surface area (Å²) in [4.78, 5) is 20.4. The lowest BCUT2D eigenvalue weighted by molar-refractivity contribution is -0.192. The number of aliphatic carboxylic acids is 1. The lowest BCUT2D eigenvalue weighted by atomic mass is 10.4. The molecule has 0 radical (unpaired) electrons. The summed E-state index contributed by atoms with van der Waals surface area (Å²) in [6, 6.07) is 0.0114. The molecule has 5 nitrogen and oxygen atoms in total. The molecule has 1 saturated heterocycles. The third kappa shape index (κ3) is 3.74. The number of piperidine rings is 1. The van der Waals surface area contributed by atoms with Crippen LogP contribution in [0.15, 0.2) is 0 Å². The Kier molecular flexibility index (Phi) is 4.22. The van der Waals surface area contributed by atoms with Gasteiger partial charge in [0.05, 0.1) is 0 Å². The van der Waals surface area contributed by atoms with Gasteiger partial charge >= 0.3 is 24.2 Å². The van der Waals surface area contributed by atoms with Crippen LogP contribution in [0.1, 0.15) is 0 Å². The molecule has 20 heavy (non-hydrogen) atoms. The van der Waals surface area contributed by atoms with E-state index in [-0.39, 0.29) is 31.0 Å². The molecule has 0 spiro atoms. The highest BCUT2D eigenvalue weighted by Gasteiger charge is 2.57. The van der Waals surface area contributed by atoms with Gasteiger partial charge in [-0.15, -0.1) is 0 Å². The van der Waals surface area contributed by atoms with Crippen LogP contribution in [0.3, 0.4) is 0 Å². The highest BCUT2D eigenvalue weighted by molar-refractivity contribution is 5.82. The van der Waals surface area contributed by atoms with Crippen LogP contribution in [0, 0.1) is 11.8 Å². The lowest BCUT2D eigenvalue weighted by Gasteiger charge is -2.20. The smallest absolute Gasteiger partial charge is 0.475 e. The minimum Gasteiger partial charge on any atom is -0.475 e. The maximum absolute atomic E-state index is 11.9. The number of amides is 1. The van der Waals surface area contributed by atoms with Crippen molar-refractivity contribution in [3.63, 3.8) is 0 Å². The Bertz CT molecular complexity index is 395. The molecule has 1 heterocycles. The normalized spacial score (nSPS) is 28.4. The number of carbonyl (C=O) groups is 2. The van der Waals surface area contributed by atoms with E-state index >= 15 is 0 Å². The fraction of sp³-hybridized carbons (Fsp3) is 0.778. The molecule has 0 aromatic heterocycles. The number of nitrogens with zero attached hydrogens (tertiary/aromatic N) is 1. The van der Waals surface area contributed by atoms with E-state index in [1.165, 1.54) is 0 Å². The van der Waals surface area contributed by atoms with Crippen LogP contribution in [-0.2, 0) is 9.59 Å². The summed E-state index contributed by atoms with van der Waals surface area (Å²) in [6.07, 6.45) is -9.82. The first-order valence-electron chi connectivity index (χ1n) is 5.27. The summed E-state index contributed by atoms with van der Waals surface area (Å²) in [6.45, 7) is 0.342. The fourth-order valence-corrected chi connectivity index (χ4v) is 1.92. The predicted octanol–water partition coefficient (Wildman–Crippen LogP) is 0.597. The Balaban J connectivity index is 0.000000246. The zero-order valence-electron chi connectivity index (χ0n) is 9.70. The van der Waals surface area contributed by atoms with Crippen LogP contribution >= 0.6 is 0 Å². The molecule has 2 rings (SSSR count). The largest absolute Gasteiger partial charge is 0.490 e. The van der Waals surface area contributed by atoms with Gasteiger partial charge in [0.1, 0.15) is 0 Å². The zero-order valence-corrected chi connectivity index (χ0v) is 9.70. The van der Waals surface area contributed by atoms with E-state index in [2.05, 4.69) is 0 Å². The van der Waals surface area contributed by atoms with Crippen LogP contribution in [0.5, 0.6) is 0 Å². The SMILES string of the molecule is N[C@@H]1[C@H]2CN(C(=O)C(F)(F)F)C[C@@H]12.O=C(O)C(F)(F)F. The van der Waals surface area contributed by atoms with Crippen molar-refractivity contribution in [2.45, 2.75) is 18.4 Å². The summed E-state index contributed by atoms with van der Waals surface area (Å²) < 4.78 is 67.5. The average molecular weight is 308 g/mol. The number of carboxylic acids is 1. The number of carboxylic acid groups (broad SMARTS) is 1. The Morgan fingerprint density at radius 3 is 1.60 bits per heavy atom. The first-order chi connectivity index (χ1) is 8.85. The van der Waals surface area contributed by atoms with E-state index < -0.39 is 24.2 Å². The van der Waals surface area contributed by atoms with E-state index in [0.717, 1.165) is 4.90 Å². The number of rotatable bonds is 0. The van der Waals surface area contributed by atoms with Gasteiger partial charge < -0.3 is 15.7 Å². The number of hydrogen-bond acceptors (Lipinski definition) is 3. The number of halogens is 6. The molecule has 1 saturated carbocycles. The zero-order chi connectivity index (χ0) is 15.9. The van der Waals surface area contributed by atoms with Crippen molar-refractivity contribution in [3.05, 3.63) is 0 Å². The van der Waals surface area contributed by atoms with E-state index in [1.54, 1.807) is 0 Å². The van der Waals surface area contributed by atoms with Crippen molar-refractivity contribution < 1.29 is 41.0 Å². The second kappa shape index (κ2) is 5.11. The Hall–Kier alpha value is -1.52. The van der Waals surface area contributed by atoms with Gasteiger partial charge in [-0.1, -0.05) is 0 Å². The monoisotopic (exact) mass is 308 g/mol. The van der Waals surface area contributed by atoms with Crippen molar-refractivity contribution in [1.29, 1.82) is 0 Å². The number of fused-ring (bicyclic) bond motifs is 1. The van der Waals surface area contributed by atoms with E-state index in [1.807, 2.05) is 0 Å². The molecule has 2 fully saturated rings. The minimum atomic E-state index is -5.08. The maximum Gasteiger partial charge on any atom is 0.490 e. The van der Waals surface area contributed by atoms with Crippen molar-refractivity contribution in [3.8, 4) is 0 Å². The predicted molar refractivity (Wildman–Crippen MR) is 51.3 cm³/mol. The molecule has 1 aliphatic heterocycles. The van der Waals surface area contributed by atoms with Gasteiger partial charge in [-0.25, -0.2) is 4.79 Å². The molecular weight excluding hydrogens is 298 g/mol. The van der Waals surface area contributed by atoms with Crippen molar-refractivity contribution >= 4 is 11.9 Å². The van der Waals surface area contributed by atoms with Gasteiger partial charge in [0.25, 0.3) is 0 Å². The third-order valence-electron chi connectivity index (χ3n) is 3.03. The van der Waals surface area contributed by atoms with Crippen molar-refractivity contribution in [2.75, 3.05) is 13.1 Å². The summed E-state index contributed by atoms with van der Waals surface area (Å²) in [5.74, 6) is -4.28. The van der Waals surface area contributed by atoms with Gasteiger partial charge in [-0.3, -0.25) is 4.79 Å². The lowest BCUT2D eigenvalue weighted by Crippen LogP contribution is -2.42. The summed E-state index contributed by atoms with van der Waals surface area (Å²) in [5.41, 5.74) is 5.52. The highest BCUT2D eigenvalue weighted by Crippen LogP contribution is 2.44. The molecule has 1 aliphatic carbocycles. The molecule has 0 unspecified atom stereocenters. The molecule has 3 atom stereocenters. The van der Waals surface area contributed by atoms with E-state index in [4.69, 9.17) is 15.6 Å². The number of likely N-dealkylation sites (tertiary alicyclic amines) is 1. The van der Waals surface area contributed by atoms with Crippen LogP contribution in [0.2, 0.25) is 0 Å². The summed E-state index contributed by atoms with van der Waals surface area (Å²) >= 11 is 0. The number of hydrogen-bond donors (Lipinski definition) is 2. The molecule has 2 aliphatic rings.